The van der Waals surface area contributed by atoms with Gasteiger partial charge in [0.1, 0.15) is 0 Å². The van der Waals surface area contributed by atoms with Gasteiger partial charge in [-0.25, -0.2) is 0 Å². The van der Waals surface area contributed by atoms with Gasteiger partial charge in [-0.05, 0) is 26.3 Å². The maximum absolute atomic E-state index is 5.49. The Morgan fingerprint density at radius 2 is 2.12 bits per heavy atom. The van der Waals surface area contributed by atoms with Crippen molar-refractivity contribution in [2.75, 3.05) is 19.8 Å². The summed E-state index contributed by atoms with van der Waals surface area (Å²) in [7, 11) is 0. The highest BCUT2D eigenvalue weighted by Crippen LogP contribution is 1.96. The Labute approximate surface area is 104 Å². The maximum atomic E-state index is 5.49. The van der Waals surface area contributed by atoms with Crippen LogP contribution in [0.15, 0.2) is 12.4 Å². The lowest BCUT2D eigenvalue weighted by molar-refractivity contribution is 0.129. The van der Waals surface area contributed by atoms with Crippen LogP contribution < -0.4 is 5.32 Å². The van der Waals surface area contributed by atoms with E-state index in [1.807, 2.05) is 10.9 Å². The van der Waals surface area contributed by atoms with E-state index in [1.165, 1.54) is 18.4 Å². The van der Waals surface area contributed by atoms with Crippen LogP contribution in [0.25, 0.3) is 0 Å². The number of unbranched alkanes of at least 4 members (excludes halogenated alkanes) is 1. The lowest BCUT2D eigenvalue weighted by atomic mass is 10.3. The number of ether oxygens (including phenoxy) is 1. The van der Waals surface area contributed by atoms with Gasteiger partial charge in [0.05, 0.1) is 6.20 Å². The van der Waals surface area contributed by atoms with Gasteiger partial charge in [-0.3, -0.25) is 4.68 Å². The van der Waals surface area contributed by atoms with Crippen LogP contribution in [-0.2, 0) is 17.8 Å². The minimum atomic E-state index is 0.862. The van der Waals surface area contributed by atoms with Crippen LogP contribution in [0.5, 0.6) is 0 Å². The largest absolute Gasteiger partial charge is 0.381 e. The highest BCUT2D eigenvalue weighted by Gasteiger charge is 1.96. The fourth-order valence-corrected chi connectivity index (χ4v) is 1.55. The van der Waals surface area contributed by atoms with Crippen molar-refractivity contribution in [2.24, 2.45) is 0 Å². The van der Waals surface area contributed by atoms with Gasteiger partial charge in [-0.1, -0.05) is 13.3 Å². The number of nitrogens with one attached hydrogen (secondary N) is 1. The molecule has 4 nitrogen and oxygen atoms in total. The summed E-state index contributed by atoms with van der Waals surface area (Å²) < 4.78 is 7.44. The van der Waals surface area contributed by atoms with Gasteiger partial charge in [0.2, 0.25) is 0 Å². The molecular formula is C13H25N3O. The molecule has 1 rings (SSSR count). The number of hydrogen-bond donors (Lipinski definition) is 1. The zero-order chi connectivity index (χ0) is 12.3. The van der Waals surface area contributed by atoms with E-state index in [9.17, 15) is 0 Å². The van der Waals surface area contributed by atoms with Crippen molar-refractivity contribution < 1.29 is 4.74 Å². The molecule has 0 spiro atoms. The minimum Gasteiger partial charge on any atom is -0.381 e. The quantitative estimate of drug-likeness (QED) is 0.636. The Bertz CT molecular complexity index is 286. The fourth-order valence-electron chi connectivity index (χ4n) is 1.55. The van der Waals surface area contributed by atoms with Crippen molar-refractivity contribution >= 4 is 0 Å². The van der Waals surface area contributed by atoms with Gasteiger partial charge >= 0.3 is 0 Å². The molecule has 0 unspecified atom stereocenters. The molecule has 0 saturated heterocycles. The van der Waals surface area contributed by atoms with Crippen molar-refractivity contribution in [1.29, 1.82) is 0 Å². The average molecular weight is 239 g/mol. The second kappa shape index (κ2) is 9.19. The summed E-state index contributed by atoms with van der Waals surface area (Å²) in [5.74, 6) is 0. The summed E-state index contributed by atoms with van der Waals surface area (Å²) in [4.78, 5) is 0. The molecule has 0 aliphatic rings. The molecule has 0 amide bonds. The lowest BCUT2D eigenvalue weighted by Gasteiger charge is -2.04. The molecule has 4 heteroatoms. The van der Waals surface area contributed by atoms with E-state index in [0.717, 1.165) is 39.3 Å². The van der Waals surface area contributed by atoms with E-state index in [4.69, 9.17) is 4.74 Å². The standard InChI is InChI=1S/C13H25N3O/c1-3-5-8-17-9-6-7-14-10-13-11-15-16(4-2)12-13/h11-12,14H,3-10H2,1-2H3. The van der Waals surface area contributed by atoms with E-state index in [2.05, 4.69) is 30.5 Å². The third-order valence-corrected chi connectivity index (χ3v) is 2.62. The predicted molar refractivity (Wildman–Crippen MR) is 70.0 cm³/mol. The highest BCUT2D eigenvalue weighted by atomic mass is 16.5. The first-order valence-electron chi connectivity index (χ1n) is 6.66. The third-order valence-electron chi connectivity index (χ3n) is 2.62. The maximum Gasteiger partial charge on any atom is 0.0534 e. The zero-order valence-corrected chi connectivity index (χ0v) is 11.1. The molecule has 0 radical (unpaired) electrons. The smallest absolute Gasteiger partial charge is 0.0534 e. The van der Waals surface area contributed by atoms with Crippen molar-refractivity contribution in [3.63, 3.8) is 0 Å². The molecule has 1 aromatic heterocycles. The molecule has 1 heterocycles. The SMILES string of the molecule is CCCCOCCCNCc1cnn(CC)c1. The van der Waals surface area contributed by atoms with Gasteiger partial charge in [0, 0.05) is 38.1 Å². The Morgan fingerprint density at radius 3 is 2.82 bits per heavy atom. The molecule has 1 aromatic rings. The first kappa shape index (κ1) is 14.2. The number of rotatable bonds is 10. The Hall–Kier alpha value is -0.870. The van der Waals surface area contributed by atoms with E-state index in [1.54, 1.807) is 0 Å². The molecule has 98 valence electrons. The first-order chi connectivity index (χ1) is 8.36. The van der Waals surface area contributed by atoms with Crippen LogP contribution in [0.3, 0.4) is 0 Å². The molecule has 0 saturated carbocycles. The van der Waals surface area contributed by atoms with Crippen LogP contribution in [-0.4, -0.2) is 29.5 Å². The van der Waals surface area contributed by atoms with Crippen molar-refractivity contribution in [1.82, 2.24) is 15.1 Å². The van der Waals surface area contributed by atoms with E-state index < -0.39 is 0 Å². The van der Waals surface area contributed by atoms with Crippen LogP contribution in [0, 0.1) is 0 Å². The summed E-state index contributed by atoms with van der Waals surface area (Å²) in [6, 6.07) is 0. The lowest BCUT2D eigenvalue weighted by Crippen LogP contribution is -2.16. The van der Waals surface area contributed by atoms with Crippen LogP contribution in [0.1, 0.15) is 38.7 Å². The summed E-state index contributed by atoms with van der Waals surface area (Å²) >= 11 is 0. The summed E-state index contributed by atoms with van der Waals surface area (Å²) in [6.45, 7) is 8.88. The monoisotopic (exact) mass is 239 g/mol. The van der Waals surface area contributed by atoms with E-state index >= 15 is 0 Å². The van der Waals surface area contributed by atoms with E-state index in [0.29, 0.717) is 0 Å². The van der Waals surface area contributed by atoms with E-state index in [-0.39, 0.29) is 0 Å². The molecule has 0 aliphatic heterocycles. The topological polar surface area (TPSA) is 39.1 Å². The fraction of sp³-hybridized carbons (Fsp3) is 0.769. The van der Waals surface area contributed by atoms with Crippen LogP contribution in [0.2, 0.25) is 0 Å². The molecule has 17 heavy (non-hydrogen) atoms. The van der Waals surface area contributed by atoms with Crippen LogP contribution in [0.4, 0.5) is 0 Å². The molecule has 0 aromatic carbocycles. The van der Waals surface area contributed by atoms with Gasteiger partial charge in [-0.2, -0.15) is 5.10 Å². The molecular weight excluding hydrogens is 214 g/mol. The van der Waals surface area contributed by atoms with Gasteiger partial charge in [-0.15, -0.1) is 0 Å². The normalized spacial score (nSPS) is 10.9. The third kappa shape index (κ3) is 6.44. The Morgan fingerprint density at radius 1 is 1.29 bits per heavy atom. The van der Waals surface area contributed by atoms with Crippen molar-refractivity contribution in [3.05, 3.63) is 18.0 Å². The predicted octanol–water partition coefficient (Wildman–Crippen LogP) is 2.20. The number of hydrogen-bond acceptors (Lipinski definition) is 3. The average Bonchev–Trinajstić information content (AvgIpc) is 2.80. The molecule has 0 atom stereocenters. The first-order valence-corrected chi connectivity index (χ1v) is 6.66. The second-order valence-corrected chi connectivity index (χ2v) is 4.20. The number of aryl methyl sites for hydroxylation is 1. The zero-order valence-electron chi connectivity index (χ0n) is 11.1. The van der Waals surface area contributed by atoms with Gasteiger partial charge in [0.25, 0.3) is 0 Å². The summed E-state index contributed by atoms with van der Waals surface area (Å²) in [5.41, 5.74) is 1.25. The molecule has 0 bridgehead atoms. The summed E-state index contributed by atoms with van der Waals surface area (Å²) in [6.07, 6.45) is 7.47. The van der Waals surface area contributed by atoms with Crippen LogP contribution >= 0.6 is 0 Å². The second-order valence-electron chi connectivity index (χ2n) is 4.20. The Balaban J connectivity index is 1.93. The van der Waals surface area contributed by atoms with Gasteiger partial charge in [0.15, 0.2) is 0 Å². The van der Waals surface area contributed by atoms with Crippen molar-refractivity contribution in [2.45, 2.75) is 46.2 Å². The number of nitrogens with zero attached hydrogens (tertiary/aromatic N) is 2. The molecule has 1 N–H and O–H groups in total. The molecule has 0 fully saturated rings. The minimum absolute atomic E-state index is 0.862. The van der Waals surface area contributed by atoms with Crippen molar-refractivity contribution in [3.8, 4) is 0 Å². The number of aromatic nitrogens is 2. The van der Waals surface area contributed by atoms with Gasteiger partial charge < -0.3 is 10.1 Å². The highest BCUT2D eigenvalue weighted by molar-refractivity contribution is 5.02. The summed E-state index contributed by atoms with van der Waals surface area (Å²) in [5, 5.41) is 7.63. The Kier molecular flexibility index (Phi) is 7.67. The molecule has 0 aliphatic carbocycles.